The van der Waals surface area contributed by atoms with Crippen LogP contribution in [0.25, 0.3) is 0 Å². The van der Waals surface area contributed by atoms with Crippen molar-refractivity contribution in [3.8, 4) is 0 Å². The lowest BCUT2D eigenvalue weighted by Gasteiger charge is -2.43. The second-order valence-electron chi connectivity index (χ2n) is 5.04. The molecule has 1 saturated carbocycles. The Morgan fingerprint density at radius 3 is 2.72 bits per heavy atom. The number of nitrogens with zero attached hydrogens (tertiary/aromatic N) is 1. The standard InChI is InChI=1S/C12H23N3O3/c1-9-7-12(8-9,10(13)15-17)11(16)14-5-3-4-6-18-2/h9,17H,3-8H2,1-2H3,(H2,13,15)(H,14,16). The van der Waals surface area contributed by atoms with Crippen molar-refractivity contribution in [2.45, 2.75) is 32.6 Å². The maximum atomic E-state index is 12.1. The number of unbranched alkanes of at least 4 members (excludes halogenated alkanes) is 1. The van der Waals surface area contributed by atoms with Crippen LogP contribution in [0.1, 0.15) is 32.6 Å². The van der Waals surface area contributed by atoms with Crippen LogP contribution in [0.15, 0.2) is 5.16 Å². The Bertz CT molecular complexity index is 312. The van der Waals surface area contributed by atoms with Crippen LogP contribution in [0.5, 0.6) is 0 Å². The minimum absolute atomic E-state index is 0.0231. The van der Waals surface area contributed by atoms with Gasteiger partial charge in [-0.3, -0.25) is 4.79 Å². The largest absolute Gasteiger partial charge is 0.409 e. The highest BCUT2D eigenvalue weighted by Gasteiger charge is 2.51. The summed E-state index contributed by atoms with van der Waals surface area (Å²) in [4.78, 5) is 12.1. The van der Waals surface area contributed by atoms with Crippen molar-refractivity contribution in [1.82, 2.24) is 5.32 Å². The Morgan fingerprint density at radius 1 is 1.56 bits per heavy atom. The monoisotopic (exact) mass is 257 g/mol. The highest BCUT2D eigenvalue weighted by atomic mass is 16.5. The van der Waals surface area contributed by atoms with Crippen LogP contribution >= 0.6 is 0 Å². The number of methoxy groups -OCH3 is 1. The molecule has 0 spiro atoms. The van der Waals surface area contributed by atoms with Crippen LogP contribution in [-0.2, 0) is 9.53 Å². The predicted octanol–water partition coefficient (Wildman–Crippen LogP) is 0.692. The first-order valence-electron chi connectivity index (χ1n) is 6.32. The van der Waals surface area contributed by atoms with Crippen molar-refractivity contribution in [2.75, 3.05) is 20.3 Å². The van der Waals surface area contributed by atoms with Gasteiger partial charge in [0.05, 0.1) is 0 Å². The first kappa shape index (κ1) is 14.8. The van der Waals surface area contributed by atoms with Crippen LogP contribution in [-0.4, -0.2) is 37.2 Å². The fourth-order valence-electron chi connectivity index (χ4n) is 2.48. The summed E-state index contributed by atoms with van der Waals surface area (Å²) in [5.74, 6) is 0.327. The first-order valence-corrected chi connectivity index (χ1v) is 6.32. The highest BCUT2D eigenvalue weighted by Crippen LogP contribution is 2.45. The number of carbonyl (C=O) groups is 1. The van der Waals surface area contributed by atoms with E-state index in [2.05, 4.69) is 17.4 Å². The van der Waals surface area contributed by atoms with Gasteiger partial charge in [0.1, 0.15) is 5.41 Å². The fraction of sp³-hybridized carbons (Fsp3) is 0.833. The molecule has 0 heterocycles. The van der Waals surface area contributed by atoms with Gasteiger partial charge >= 0.3 is 0 Å². The van der Waals surface area contributed by atoms with Crippen molar-refractivity contribution in [2.24, 2.45) is 22.2 Å². The van der Waals surface area contributed by atoms with Gasteiger partial charge in [0.25, 0.3) is 0 Å². The average molecular weight is 257 g/mol. The van der Waals surface area contributed by atoms with Gasteiger partial charge in [0.15, 0.2) is 5.84 Å². The molecule has 1 aliphatic rings. The van der Waals surface area contributed by atoms with Crippen molar-refractivity contribution < 1.29 is 14.7 Å². The minimum atomic E-state index is -0.796. The number of nitrogens with one attached hydrogen (secondary N) is 1. The Kier molecular flexibility index (Phi) is 5.40. The number of amides is 1. The van der Waals surface area contributed by atoms with Gasteiger partial charge in [-0.15, -0.1) is 0 Å². The van der Waals surface area contributed by atoms with Gasteiger partial charge in [-0.2, -0.15) is 0 Å². The molecule has 18 heavy (non-hydrogen) atoms. The van der Waals surface area contributed by atoms with E-state index in [1.54, 1.807) is 7.11 Å². The zero-order valence-corrected chi connectivity index (χ0v) is 11.1. The summed E-state index contributed by atoms with van der Waals surface area (Å²) in [5.41, 5.74) is 4.85. The molecule has 0 saturated heterocycles. The Hall–Kier alpha value is -1.30. The van der Waals surface area contributed by atoms with Gasteiger partial charge in [-0.1, -0.05) is 12.1 Å². The van der Waals surface area contributed by atoms with Crippen molar-refractivity contribution in [1.29, 1.82) is 0 Å². The number of oxime groups is 1. The SMILES string of the molecule is COCCCCNC(=O)C1(C(N)=NO)CC(C)C1. The lowest BCUT2D eigenvalue weighted by Crippen LogP contribution is -2.56. The van der Waals surface area contributed by atoms with E-state index < -0.39 is 5.41 Å². The lowest BCUT2D eigenvalue weighted by molar-refractivity contribution is -0.133. The van der Waals surface area contributed by atoms with E-state index in [1.807, 2.05) is 0 Å². The van der Waals surface area contributed by atoms with Gasteiger partial charge in [0.2, 0.25) is 5.91 Å². The number of rotatable bonds is 7. The smallest absolute Gasteiger partial charge is 0.233 e. The number of carbonyl (C=O) groups excluding carboxylic acids is 1. The van der Waals surface area contributed by atoms with E-state index in [9.17, 15) is 4.79 Å². The molecule has 0 aromatic heterocycles. The van der Waals surface area contributed by atoms with E-state index in [4.69, 9.17) is 15.7 Å². The lowest BCUT2D eigenvalue weighted by atomic mass is 9.61. The Balaban J connectivity index is 2.43. The molecule has 1 aliphatic carbocycles. The second kappa shape index (κ2) is 6.58. The van der Waals surface area contributed by atoms with E-state index in [0.717, 1.165) is 12.8 Å². The molecular formula is C12H23N3O3. The Labute approximate surface area is 108 Å². The fourth-order valence-corrected chi connectivity index (χ4v) is 2.48. The Morgan fingerprint density at radius 2 is 2.22 bits per heavy atom. The summed E-state index contributed by atoms with van der Waals surface area (Å²) >= 11 is 0. The molecule has 1 fully saturated rings. The average Bonchev–Trinajstić information content (AvgIpc) is 2.33. The van der Waals surface area contributed by atoms with Crippen LogP contribution in [0, 0.1) is 11.3 Å². The van der Waals surface area contributed by atoms with E-state index in [-0.39, 0.29) is 11.7 Å². The molecule has 0 atom stereocenters. The molecule has 0 aromatic carbocycles. The number of hydrogen-bond acceptors (Lipinski definition) is 4. The maximum absolute atomic E-state index is 12.1. The van der Waals surface area contributed by atoms with Gasteiger partial charge < -0.3 is 21.0 Å². The molecule has 6 nitrogen and oxygen atoms in total. The number of nitrogens with two attached hydrogens (primary N) is 1. The van der Waals surface area contributed by atoms with Crippen molar-refractivity contribution in [3.05, 3.63) is 0 Å². The molecule has 0 radical (unpaired) electrons. The van der Waals surface area contributed by atoms with Crippen molar-refractivity contribution >= 4 is 11.7 Å². The third-order valence-corrected chi connectivity index (χ3v) is 3.49. The minimum Gasteiger partial charge on any atom is -0.409 e. The van der Waals surface area contributed by atoms with Crippen LogP contribution in [0.2, 0.25) is 0 Å². The summed E-state index contributed by atoms with van der Waals surface area (Å²) in [6, 6.07) is 0. The van der Waals surface area contributed by atoms with Crippen LogP contribution < -0.4 is 11.1 Å². The predicted molar refractivity (Wildman–Crippen MR) is 68.4 cm³/mol. The summed E-state index contributed by atoms with van der Waals surface area (Å²) < 4.78 is 4.93. The molecular weight excluding hydrogens is 234 g/mol. The third kappa shape index (κ3) is 3.13. The molecule has 0 unspecified atom stereocenters. The molecule has 1 rings (SSSR count). The molecule has 1 amide bonds. The number of ether oxygens (including phenoxy) is 1. The summed E-state index contributed by atoms with van der Waals surface area (Å²) in [6.45, 7) is 3.34. The summed E-state index contributed by atoms with van der Waals surface area (Å²) in [5, 5.41) is 14.6. The molecule has 4 N–H and O–H groups in total. The van der Waals surface area contributed by atoms with E-state index in [1.165, 1.54) is 0 Å². The van der Waals surface area contributed by atoms with Gasteiger partial charge in [-0.05, 0) is 31.6 Å². The number of hydrogen-bond donors (Lipinski definition) is 3. The van der Waals surface area contributed by atoms with Crippen LogP contribution in [0.4, 0.5) is 0 Å². The van der Waals surface area contributed by atoms with Crippen LogP contribution in [0.3, 0.4) is 0 Å². The molecule has 6 heteroatoms. The zero-order chi connectivity index (χ0) is 13.6. The third-order valence-electron chi connectivity index (χ3n) is 3.49. The summed E-state index contributed by atoms with van der Waals surface area (Å²) in [7, 11) is 1.65. The normalized spacial score (nSPS) is 27.7. The van der Waals surface area contributed by atoms with Crippen molar-refractivity contribution in [3.63, 3.8) is 0 Å². The molecule has 0 aliphatic heterocycles. The highest BCUT2D eigenvalue weighted by molar-refractivity contribution is 6.07. The summed E-state index contributed by atoms with van der Waals surface area (Å²) in [6.07, 6.45) is 3.06. The van der Waals surface area contributed by atoms with Gasteiger partial charge in [-0.25, -0.2) is 0 Å². The second-order valence-corrected chi connectivity index (χ2v) is 5.04. The quantitative estimate of drug-likeness (QED) is 0.205. The maximum Gasteiger partial charge on any atom is 0.233 e. The van der Waals surface area contributed by atoms with E-state index >= 15 is 0 Å². The topological polar surface area (TPSA) is 96.9 Å². The molecule has 104 valence electrons. The number of amidine groups is 1. The molecule has 0 bridgehead atoms. The van der Waals surface area contributed by atoms with E-state index in [0.29, 0.717) is 31.9 Å². The van der Waals surface area contributed by atoms with Gasteiger partial charge in [0, 0.05) is 20.3 Å². The molecule has 0 aromatic rings. The first-order chi connectivity index (χ1) is 8.56. The zero-order valence-electron chi connectivity index (χ0n) is 11.1.